The molecule has 0 amide bonds. The van der Waals surface area contributed by atoms with E-state index in [0.29, 0.717) is 25.7 Å². The van der Waals surface area contributed by atoms with Crippen molar-refractivity contribution in [2.45, 2.75) is 31.1 Å². The highest BCUT2D eigenvalue weighted by molar-refractivity contribution is 5.82. The molecule has 0 saturated heterocycles. The molecule has 0 spiro atoms. The van der Waals surface area contributed by atoms with Gasteiger partial charge in [-0.3, -0.25) is 4.79 Å². The second-order valence-electron chi connectivity index (χ2n) is 4.56. The smallest absolute Gasteiger partial charge is 0.314 e. The van der Waals surface area contributed by atoms with E-state index in [2.05, 4.69) is 4.74 Å². The van der Waals surface area contributed by atoms with Gasteiger partial charge in [-0.25, -0.2) is 8.78 Å². The van der Waals surface area contributed by atoms with Crippen molar-refractivity contribution < 1.29 is 23.4 Å². The molecule has 1 aliphatic carbocycles. The Morgan fingerprint density at radius 2 is 1.89 bits per heavy atom. The Kier molecular flexibility index (Phi) is 3.24. The van der Waals surface area contributed by atoms with Crippen molar-refractivity contribution in [3.63, 3.8) is 0 Å². The van der Waals surface area contributed by atoms with Crippen molar-refractivity contribution in [1.82, 2.24) is 0 Å². The second-order valence-corrected chi connectivity index (χ2v) is 4.56. The van der Waals surface area contributed by atoms with Crippen LogP contribution in [0, 0.1) is 11.6 Å². The summed E-state index contributed by atoms with van der Waals surface area (Å²) in [4.78, 5) is 11.4. The number of ether oxygens (including phenoxy) is 1. The molecule has 1 aromatic rings. The van der Waals surface area contributed by atoms with Crippen molar-refractivity contribution in [2.24, 2.45) is 0 Å². The number of carbonyl (C=O) groups is 1. The first-order valence-electron chi connectivity index (χ1n) is 5.78. The zero-order chi connectivity index (χ0) is 13.3. The lowest BCUT2D eigenvalue weighted by Crippen LogP contribution is -2.33. The van der Waals surface area contributed by atoms with Crippen molar-refractivity contribution in [1.29, 1.82) is 0 Å². The lowest BCUT2D eigenvalue weighted by atomic mass is 9.78. The van der Waals surface area contributed by atoms with Crippen LogP contribution in [0.15, 0.2) is 12.1 Å². The summed E-state index contributed by atoms with van der Waals surface area (Å²) in [6, 6.07) is 1.86. The maximum absolute atomic E-state index is 14.0. The summed E-state index contributed by atoms with van der Waals surface area (Å²) >= 11 is 0. The van der Waals surface area contributed by atoms with Gasteiger partial charge in [0.1, 0.15) is 5.82 Å². The number of carboxylic acids is 1. The summed E-state index contributed by atoms with van der Waals surface area (Å²) in [5, 5.41) is 9.34. The average molecular weight is 256 g/mol. The normalized spacial score (nSPS) is 17.7. The van der Waals surface area contributed by atoms with Gasteiger partial charge < -0.3 is 9.84 Å². The Bertz CT molecular complexity index is 479. The molecule has 0 atom stereocenters. The van der Waals surface area contributed by atoms with Crippen molar-refractivity contribution in [3.8, 4) is 5.75 Å². The molecule has 2 rings (SSSR count). The predicted molar refractivity (Wildman–Crippen MR) is 60.7 cm³/mol. The first-order valence-corrected chi connectivity index (χ1v) is 5.78. The lowest BCUT2D eigenvalue weighted by Gasteiger charge is -2.25. The molecule has 1 aliphatic rings. The highest BCUT2D eigenvalue weighted by Crippen LogP contribution is 2.43. The van der Waals surface area contributed by atoms with Crippen molar-refractivity contribution in [2.75, 3.05) is 7.11 Å². The van der Waals surface area contributed by atoms with Crippen LogP contribution in [0.25, 0.3) is 0 Å². The second kappa shape index (κ2) is 4.55. The van der Waals surface area contributed by atoms with Gasteiger partial charge >= 0.3 is 5.97 Å². The molecule has 0 aromatic heterocycles. The number of hydrogen-bond donors (Lipinski definition) is 1. The van der Waals surface area contributed by atoms with Gasteiger partial charge in [0, 0.05) is 11.6 Å². The summed E-state index contributed by atoms with van der Waals surface area (Å²) in [6.07, 6.45) is 2.09. The zero-order valence-corrected chi connectivity index (χ0v) is 10.0. The van der Waals surface area contributed by atoms with Gasteiger partial charge in [-0.2, -0.15) is 0 Å². The first kappa shape index (κ1) is 12.8. The average Bonchev–Trinajstić information content (AvgIpc) is 2.82. The summed E-state index contributed by atoms with van der Waals surface area (Å²) in [7, 11) is 1.24. The highest BCUT2D eigenvalue weighted by atomic mass is 19.1. The minimum Gasteiger partial charge on any atom is -0.494 e. The number of rotatable bonds is 3. The maximum atomic E-state index is 14.0. The van der Waals surface area contributed by atoms with E-state index < -0.39 is 23.0 Å². The molecule has 0 unspecified atom stereocenters. The molecular weight excluding hydrogens is 242 g/mol. The van der Waals surface area contributed by atoms with Crippen LogP contribution in [0.4, 0.5) is 8.78 Å². The Hall–Kier alpha value is -1.65. The largest absolute Gasteiger partial charge is 0.494 e. The van der Waals surface area contributed by atoms with Gasteiger partial charge in [0.05, 0.1) is 12.5 Å². The van der Waals surface area contributed by atoms with Gasteiger partial charge in [-0.15, -0.1) is 0 Å². The minimum atomic E-state index is -1.29. The zero-order valence-electron chi connectivity index (χ0n) is 10.0. The quantitative estimate of drug-likeness (QED) is 0.904. The van der Waals surface area contributed by atoms with Crippen LogP contribution in [0.2, 0.25) is 0 Å². The van der Waals surface area contributed by atoms with Gasteiger partial charge in [-0.1, -0.05) is 12.8 Å². The van der Waals surface area contributed by atoms with E-state index in [1.54, 1.807) is 0 Å². The van der Waals surface area contributed by atoms with Crippen molar-refractivity contribution in [3.05, 3.63) is 29.3 Å². The van der Waals surface area contributed by atoms with E-state index in [0.717, 1.165) is 12.1 Å². The van der Waals surface area contributed by atoms with Crippen LogP contribution in [-0.2, 0) is 10.2 Å². The van der Waals surface area contributed by atoms with E-state index in [4.69, 9.17) is 0 Å². The molecule has 1 saturated carbocycles. The Balaban J connectivity index is 2.56. The number of carboxylic acid groups (broad SMARTS) is 1. The van der Waals surface area contributed by atoms with E-state index >= 15 is 0 Å². The monoisotopic (exact) mass is 256 g/mol. The molecule has 98 valence electrons. The Labute approximate surface area is 103 Å². The Morgan fingerprint density at radius 3 is 2.39 bits per heavy atom. The molecule has 0 aliphatic heterocycles. The van der Waals surface area contributed by atoms with Gasteiger partial charge in [0.2, 0.25) is 0 Å². The van der Waals surface area contributed by atoms with Crippen LogP contribution in [0.3, 0.4) is 0 Å². The van der Waals surface area contributed by atoms with E-state index in [1.807, 2.05) is 0 Å². The molecule has 5 heteroatoms. The predicted octanol–water partition coefficient (Wildman–Crippen LogP) is 2.87. The van der Waals surface area contributed by atoms with Crippen LogP contribution in [0.1, 0.15) is 31.2 Å². The number of methoxy groups -OCH3 is 1. The van der Waals surface area contributed by atoms with E-state index in [1.165, 1.54) is 7.11 Å². The van der Waals surface area contributed by atoms with Crippen LogP contribution in [0.5, 0.6) is 5.75 Å². The molecule has 1 aromatic carbocycles. The molecule has 1 N–H and O–H groups in total. The fourth-order valence-electron chi connectivity index (χ4n) is 2.63. The van der Waals surface area contributed by atoms with E-state index in [-0.39, 0.29) is 11.3 Å². The molecule has 18 heavy (non-hydrogen) atoms. The summed E-state index contributed by atoms with van der Waals surface area (Å²) < 4.78 is 32.3. The fourth-order valence-corrected chi connectivity index (χ4v) is 2.63. The third kappa shape index (κ3) is 1.83. The highest BCUT2D eigenvalue weighted by Gasteiger charge is 2.45. The van der Waals surface area contributed by atoms with Crippen molar-refractivity contribution >= 4 is 5.97 Å². The minimum absolute atomic E-state index is 0.0780. The third-order valence-electron chi connectivity index (χ3n) is 3.62. The lowest BCUT2D eigenvalue weighted by molar-refractivity contribution is -0.143. The van der Waals surface area contributed by atoms with Crippen LogP contribution >= 0.6 is 0 Å². The van der Waals surface area contributed by atoms with Crippen LogP contribution < -0.4 is 4.74 Å². The topological polar surface area (TPSA) is 46.5 Å². The summed E-state index contributed by atoms with van der Waals surface area (Å²) in [5.74, 6) is -2.77. The summed E-state index contributed by atoms with van der Waals surface area (Å²) in [6.45, 7) is 0. The standard InChI is InChI=1S/C13H14F2O3/c1-18-11-7-9(14)8(6-10(11)15)13(12(16)17)4-2-3-5-13/h6-7H,2-5H2,1H3,(H,16,17). The van der Waals surface area contributed by atoms with Gasteiger partial charge in [0.25, 0.3) is 0 Å². The molecule has 0 radical (unpaired) electrons. The summed E-state index contributed by atoms with van der Waals surface area (Å²) in [5.41, 5.74) is -1.37. The van der Waals surface area contributed by atoms with Gasteiger partial charge in [-0.05, 0) is 18.9 Å². The van der Waals surface area contributed by atoms with Gasteiger partial charge in [0.15, 0.2) is 11.6 Å². The molecule has 1 fully saturated rings. The molecule has 3 nitrogen and oxygen atoms in total. The molecule has 0 heterocycles. The molecule has 0 bridgehead atoms. The Morgan fingerprint density at radius 1 is 1.28 bits per heavy atom. The fraction of sp³-hybridized carbons (Fsp3) is 0.462. The third-order valence-corrected chi connectivity index (χ3v) is 3.62. The maximum Gasteiger partial charge on any atom is 0.314 e. The SMILES string of the molecule is COc1cc(F)c(C2(C(=O)O)CCCC2)cc1F. The first-order chi connectivity index (χ1) is 8.51. The van der Waals surface area contributed by atoms with E-state index in [9.17, 15) is 18.7 Å². The molecular formula is C13H14F2O3. The number of aliphatic carboxylic acids is 1. The number of hydrogen-bond acceptors (Lipinski definition) is 2. The van der Waals surface area contributed by atoms with Crippen LogP contribution in [-0.4, -0.2) is 18.2 Å². The number of halogens is 2. The number of benzene rings is 1.